The fourth-order valence-electron chi connectivity index (χ4n) is 3.84. The summed E-state index contributed by atoms with van der Waals surface area (Å²) < 4.78 is 5.31. The van der Waals surface area contributed by atoms with Gasteiger partial charge in [-0.25, -0.2) is 0 Å². The van der Waals surface area contributed by atoms with Gasteiger partial charge in [0.05, 0.1) is 13.1 Å². The summed E-state index contributed by atoms with van der Waals surface area (Å²) in [6.07, 6.45) is 4.17. The van der Waals surface area contributed by atoms with Crippen molar-refractivity contribution < 1.29 is 9.32 Å². The Labute approximate surface area is 179 Å². The summed E-state index contributed by atoms with van der Waals surface area (Å²) in [4.78, 5) is 28.3. The Morgan fingerprint density at radius 1 is 1.10 bits per heavy atom. The van der Waals surface area contributed by atoms with Crippen molar-refractivity contribution >= 4 is 11.9 Å². The second-order valence-corrected chi connectivity index (χ2v) is 8.39. The summed E-state index contributed by atoms with van der Waals surface area (Å²) in [6.45, 7) is 13.5. The number of nitrogens with one attached hydrogen (secondary N) is 1. The molecule has 1 N–H and O–H groups in total. The molecule has 0 atom stereocenters. The van der Waals surface area contributed by atoms with Crippen molar-refractivity contribution in [3.63, 3.8) is 0 Å². The maximum absolute atomic E-state index is 12.5. The van der Waals surface area contributed by atoms with E-state index in [9.17, 15) is 4.79 Å². The first-order chi connectivity index (χ1) is 14.6. The van der Waals surface area contributed by atoms with Crippen molar-refractivity contribution in [3.8, 4) is 0 Å². The molecule has 9 nitrogen and oxygen atoms in total. The zero-order chi connectivity index (χ0) is 21.3. The molecule has 0 aromatic carbocycles. The molecule has 3 rings (SSSR count). The number of carbonyl (C=O) groups is 1. The monoisotopic (exact) mass is 419 g/mol. The smallest absolute Gasteiger partial charge is 0.236 e. The molecule has 30 heavy (non-hydrogen) atoms. The van der Waals surface area contributed by atoms with E-state index in [1.807, 2.05) is 4.90 Å². The van der Waals surface area contributed by atoms with E-state index in [1.165, 1.54) is 6.42 Å². The van der Waals surface area contributed by atoms with Crippen molar-refractivity contribution in [2.45, 2.75) is 52.4 Å². The molecule has 2 fully saturated rings. The number of hydrogen-bond acceptors (Lipinski definition) is 6. The number of carbonyl (C=O) groups excluding carboxylic acids is 1. The molecule has 2 aliphatic heterocycles. The summed E-state index contributed by atoms with van der Waals surface area (Å²) in [6, 6.07) is 0. The molecule has 0 saturated carbocycles. The number of likely N-dealkylation sites (tertiary alicyclic amines) is 1. The van der Waals surface area contributed by atoms with Gasteiger partial charge in [-0.1, -0.05) is 19.0 Å². The number of rotatable bonds is 7. The first-order valence-corrected chi connectivity index (χ1v) is 11.4. The third kappa shape index (κ3) is 6.42. The Bertz CT molecular complexity index is 689. The molecule has 0 spiro atoms. The number of piperazine rings is 1. The second-order valence-electron chi connectivity index (χ2n) is 8.39. The van der Waals surface area contributed by atoms with Crippen molar-refractivity contribution in [3.05, 3.63) is 11.7 Å². The van der Waals surface area contributed by atoms with Gasteiger partial charge in [0.15, 0.2) is 11.8 Å². The normalized spacial score (nSPS) is 18.9. The van der Waals surface area contributed by atoms with Crippen LogP contribution >= 0.6 is 0 Å². The van der Waals surface area contributed by atoms with Gasteiger partial charge < -0.3 is 19.6 Å². The first-order valence-electron chi connectivity index (χ1n) is 11.4. The Morgan fingerprint density at radius 2 is 1.83 bits per heavy atom. The summed E-state index contributed by atoms with van der Waals surface area (Å²) >= 11 is 0. The van der Waals surface area contributed by atoms with Gasteiger partial charge in [-0.05, 0) is 26.2 Å². The van der Waals surface area contributed by atoms with Gasteiger partial charge in [-0.3, -0.25) is 14.7 Å². The average molecular weight is 420 g/mol. The molecule has 0 aliphatic carbocycles. The van der Waals surface area contributed by atoms with Crippen molar-refractivity contribution in [1.29, 1.82) is 0 Å². The van der Waals surface area contributed by atoms with E-state index in [0.29, 0.717) is 25.4 Å². The minimum atomic E-state index is 0.265. The lowest BCUT2D eigenvalue weighted by Gasteiger charge is -2.37. The van der Waals surface area contributed by atoms with Crippen LogP contribution in [0.15, 0.2) is 9.52 Å². The Hall–Kier alpha value is -2.16. The lowest BCUT2D eigenvalue weighted by molar-refractivity contribution is -0.133. The zero-order valence-corrected chi connectivity index (χ0v) is 18.8. The van der Waals surface area contributed by atoms with Crippen LogP contribution in [0.5, 0.6) is 0 Å². The quantitative estimate of drug-likeness (QED) is 0.527. The molecule has 0 unspecified atom stereocenters. The number of hydrogen-bond donors (Lipinski definition) is 1. The summed E-state index contributed by atoms with van der Waals surface area (Å²) in [7, 11) is 0. The van der Waals surface area contributed by atoms with Crippen LogP contribution in [-0.2, 0) is 11.2 Å². The fraction of sp³-hybridized carbons (Fsp3) is 0.810. The van der Waals surface area contributed by atoms with Crippen LogP contribution in [0.25, 0.3) is 0 Å². The standard InChI is InChI=1S/C21H37N7O2/c1-4-22-21(23-9-8-18-24-20(17(2)3)25-30-18)28-14-12-26(13-15-28)16-19(29)27-10-6-5-7-11-27/h17H,4-16H2,1-3H3,(H,22,23). The van der Waals surface area contributed by atoms with Gasteiger partial charge in [0.1, 0.15) is 0 Å². The van der Waals surface area contributed by atoms with E-state index in [2.05, 4.69) is 46.0 Å². The van der Waals surface area contributed by atoms with Crippen LogP contribution in [0.1, 0.15) is 57.7 Å². The van der Waals surface area contributed by atoms with E-state index in [0.717, 1.165) is 70.4 Å². The predicted molar refractivity (Wildman–Crippen MR) is 117 cm³/mol. The summed E-state index contributed by atoms with van der Waals surface area (Å²) in [5.74, 6) is 2.85. The van der Waals surface area contributed by atoms with Crippen LogP contribution in [-0.4, -0.2) is 95.6 Å². The molecule has 168 valence electrons. The zero-order valence-electron chi connectivity index (χ0n) is 18.8. The van der Waals surface area contributed by atoms with Crippen LogP contribution < -0.4 is 5.32 Å². The largest absolute Gasteiger partial charge is 0.357 e. The number of aromatic nitrogens is 2. The molecule has 2 aliphatic rings. The highest BCUT2D eigenvalue weighted by molar-refractivity contribution is 5.80. The summed E-state index contributed by atoms with van der Waals surface area (Å²) in [5.41, 5.74) is 0. The minimum absolute atomic E-state index is 0.265. The number of aliphatic imine (C=N–C) groups is 1. The molecule has 1 aromatic heterocycles. The Kier molecular flexibility index (Phi) is 8.48. The molecule has 9 heteroatoms. The topological polar surface area (TPSA) is 90.1 Å². The van der Waals surface area contributed by atoms with Gasteiger partial charge in [0.2, 0.25) is 11.8 Å². The van der Waals surface area contributed by atoms with Crippen LogP contribution in [0.4, 0.5) is 0 Å². The van der Waals surface area contributed by atoms with Crippen molar-refractivity contribution in [1.82, 2.24) is 30.2 Å². The number of piperidine rings is 1. The molecule has 3 heterocycles. The number of guanidine groups is 1. The Balaban J connectivity index is 1.45. The van der Waals surface area contributed by atoms with Crippen LogP contribution in [0.3, 0.4) is 0 Å². The highest BCUT2D eigenvalue weighted by Gasteiger charge is 2.24. The molecule has 1 amide bonds. The van der Waals surface area contributed by atoms with E-state index < -0.39 is 0 Å². The van der Waals surface area contributed by atoms with Crippen LogP contribution in [0.2, 0.25) is 0 Å². The van der Waals surface area contributed by atoms with Crippen molar-refractivity contribution in [2.24, 2.45) is 4.99 Å². The summed E-state index contributed by atoms with van der Waals surface area (Å²) in [5, 5.41) is 7.39. The van der Waals surface area contributed by atoms with Gasteiger partial charge >= 0.3 is 0 Å². The highest BCUT2D eigenvalue weighted by atomic mass is 16.5. The number of amides is 1. The van der Waals surface area contributed by atoms with Gasteiger partial charge in [0.25, 0.3) is 0 Å². The molecule has 1 aromatic rings. The lowest BCUT2D eigenvalue weighted by atomic mass is 10.1. The molecular weight excluding hydrogens is 382 g/mol. The molecule has 0 bridgehead atoms. The third-order valence-electron chi connectivity index (χ3n) is 5.66. The van der Waals surface area contributed by atoms with E-state index in [4.69, 9.17) is 9.52 Å². The number of nitrogens with zero attached hydrogens (tertiary/aromatic N) is 6. The second kappa shape index (κ2) is 11.3. The molecular formula is C21H37N7O2. The van der Waals surface area contributed by atoms with Crippen molar-refractivity contribution in [2.75, 3.05) is 58.9 Å². The SMILES string of the molecule is CCNC(=NCCc1nc(C(C)C)no1)N1CCN(CC(=O)N2CCCCC2)CC1. The van der Waals surface area contributed by atoms with E-state index >= 15 is 0 Å². The fourth-order valence-corrected chi connectivity index (χ4v) is 3.84. The van der Waals surface area contributed by atoms with E-state index in [1.54, 1.807) is 0 Å². The lowest BCUT2D eigenvalue weighted by Crippen LogP contribution is -2.54. The predicted octanol–water partition coefficient (Wildman–Crippen LogP) is 1.33. The first kappa shape index (κ1) is 22.5. The van der Waals surface area contributed by atoms with Gasteiger partial charge in [0, 0.05) is 58.2 Å². The van der Waals surface area contributed by atoms with E-state index in [-0.39, 0.29) is 11.8 Å². The average Bonchev–Trinajstić information content (AvgIpc) is 3.24. The maximum Gasteiger partial charge on any atom is 0.236 e. The van der Waals surface area contributed by atoms with Gasteiger partial charge in [-0.15, -0.1) is 0 Å². The molecule has 2 saturated heterocycles. The molecule has 0 radical (unpaired) electrons. The van der Waals surface area contributed by atoms with Crippen LogP contribution in [0, 0.1) is 0 Å². The third-order valence-corrected chi connectivity index (χ3v) is 5.66. The highest BCUT2D eigenvalue weighted by Crippen LogP contribution is 2.11. The Morgan fingerprint density at radius 3 is 2.47 bits per heavy atom. The minimum Gasteiger partial charge on any atom is -0.357 e. The maximum atomic E-state index is 12.5. The van der Waals surface area contributed by atoms with Gasteiger partial charge in [-0.2, -0.15) is 4.98 Å².